The Hall–Kier alpha value is -0.610. The lowest BCUT2D eigenvalue weighted by molar-refractivity contribution is -0.120. The van der Waals surface area contributed by atoms with Gasteiger partial charge < -0.3 is 16.0 Å². The SMILES string of the molecule is CCNC(CN1CCC(CC)(CC)CC1)C(N)=O. The molecule has 4 heteroatoms. The Morgan fingerprint density at radius 1 is 1.28 bits per heavy atom. The molecule has 1 atom stereocenters. The zero-order chi connectivity index (χ0) is 13.6. The van der Waals surface area contributed by atoms with Crippen molar-refractivity contribution in [2.45, 2.75) is 52.5 Å². The fourth-order valence-corrected chi connectivity index (χ4v) is 2.93. The largest absolute Gasteiger partial charge is 0.368 e. The Balaban J connectivity index is 2.45. The molecule has 1 saturated heterocycles. The number of nitrogens with two attached hydrogens (primary N) is 1. The Morgan fingerprint density at radius 3 is 2.22 bits per heavy atom. The van der Waals surface area contributed by atoms with Gasteiger partial charge in [0, 0.05) is 6.54 Å². The van der Waals surface area contributed by atoms with Crippen molar-refractivity contribution in [1.29, 1.82) is 0 Å². The average Bonchev–Trinajstić information content (AvgIpc) is 2.39. The zero-order valence-corrected chi connectivity index (χ0v) is 12.2. The van der Waals surface area contributed by atoms with Crippen LogP contribution in [0.15, 0.2) is 0 Å². The van der Waals surface area contributed by atoms with Crippen molar-refractivity contribution in [1.82, 2.24) is 10.2 Å². The summed E-state index contributed by atoms with van der Waals surface area (Å²) in [5, 5.41) is 3.16. The first-order chi connectivity index (χ1) is 8.56. The summed E-state index contributed by atoms with van der Waals surface area (Å²) in [6, 6.07) is -0.203. The average molecular weight is 255 g/mol. The van der Waals surface area contributed by atoms with E-state index in [2.05, 4.69) is 24.1 Å². The van der Waals surface area contributed by atoms with Crippen molar-refractivity contribution >= 4 is 5.91 Å². The van der Waals surface area contributed by atoms with Gasteiger partial charge in [-0.3, -0.25) is 4.79 Å². The molecule has 1 amide bonds. The molecule has 1 fully saturated rings. The molecule has 1 rings (SSSR count). The third-order valence-corrected chi connectivity index (χ3v) is 4.65. The van der Waals surface area contributed by atoms with Crippen LogP contribution in [-0.4, -0.2) is 43.0 Å². The Morgan fingerprint density at radius 2 is 1.83 bits per heavy atom. The van der Waals surface area contributed by atoms with E-state index in [1.165, 1.54) is 25.7 Å². The van der Waals surface area contributed by atoms with Gasteiger partial charge in [-0.1, -0.05) is 33.6 Å². The van der Waals surface area contributed by atoms with Crippen LogP contribution in [0.3, 0.4) is 0 Å². The highest BCUT2D eigenvalue weighted by Crippen LogP contribution is 2.37. The molecule has 106 valence electrons. The van der Waals surface area contributed by atoms with E-state index in [0.29, 0.717) is 5.41 Å². The number of carbonyl (C=O) groups excluding carboxylic acids is 1. The van der Waals surface area contributed by atoms with Gasteiger partial charge in [0.1, 0.15) is 0 Å². The fraction of sp³-hybridized carbons (Fsp3) is 0.929. The Bertz CT molecular complexity index is 254. The predicted octanol–water partition coefficient (Wildman–Crippen LogP) is 1.35. The summed E-state index contributed by atoms with van der Waals surface area (Å²) in [4.78, 5) is 13.7. The van der Waals surface area contributed by atoms with E-state index in [0.717, 1.165) is 26.2 Å². The second-order valence-corrected chi connectivity index (χ2v) is 5.52. The highest BCUT2D eigenvalue weighted by atomic mass is 16.1. The number of piperidine rings is 1. The molecule has 1 aliphatic heterocycles. The van der Waals surface area contributed by atoms with Crippen LogP contribution in [0, 0.1) is 5.41 Å². The molecular formula is C14H29N3O. The van der Waals surface area contributed by atoms with Gasteiger partial charge in [-0.05, 0) is 37.9 Å². The maximum Gasteiger partial charge on any atom is 0.235 e. The van der Waals surface area contributed by atoms with Crippen LogP contribution < -0.4 is 11.1 Å². The van der Waals surface area contributed by atoms with E-state index in [1.807, 2.05) is 6.92 Å². The minimum atomic E-state index is -0.236. The minimum Gasteiger partial charge on any atom is -0.368 e. The standard InChI is InChI=1S/C14H29N3O/c1-4-14(5-2)7-9-17(10-8-14)11-12(13(15)18)16-6-3/h12,16H,4-11H2,1-3H3,(H2,15,18). The molecule has 1 aliphatic rings. The van der Waals surface area contributed by atoms with Gasteiger partial charge in [-0.25, -0.2) is 0 Å². The van der Waals surface area contributed by atoms with Crippen LogP contribution >= 0.6 is 0 Å². The van der Waals surface area contributed by atoms with Gasteiger partial charge in [-0.2, -0.15) is 0 Å². The molecule has 0 aromatic heterocycles. The molecule has 0 spiro atoms. The molecule has 0 bridgehead atoms. The monoisotopic (exact) mass is 255 g/mol. The van der Waals surface area contributed by atoms with Gasteiger partial charge in [0.25, 0.3) is 0 Å². The molecule has 1 heterocycles. The summed E-state index contributed by atoms with van der Waals surface area (Å²) < 4.78 is 0. The third-order valence-electron chi connectivity index (χ3n) is 4.65. The summed E-state index contributed by atoms with van der Waals surface area (Å²) in [6.45, 7) is 10.3. The van der Waals surface area contributed by atoms with Crippen LogP contribution in [0.25, 0.3) is 0 Å². The van der Waals surface area contributed by atoms with Crippen molar-refractivity contribution in [3.8, 4) is 0 Å². The molecule has 0 radical (unpaired) electrons. The highest BCUT2D eigenvalue weighted by molar-refractivity contribution is 5.80. The number of likely N-dealkylation sites (tertiary alicyclic amines) is 1. The quantitative estimate of drug-likeness (QED) is 0.722. The topological polar surface area (TPSA) is 58.4 Å². The number of likely N-dealkylation sites (N-methyl/N-ethyl adjacent to an activating group) is 1. The lowest BCUT2D eigenvalue weighted by Gasteiger charge is -2.41. The normalized spacial score (nSPS) is 21.7. The molecule has 3 N–H and O–H groups in total. The molecule has 0 aliphatic carbocycles. The van der Waals surface area contributed by atoms with Gasteiger partial charge in [0.05, 0.1) is 6.04 Å². The van der Waals surface area contributed by atoms with Crippen LogP contribution in [0.1, 0.15) is 46.5 Å². The predicted molar refractivity (Wildman–Crippen MR) is 75.3 cm³/mol. The van der Waals surface area contributed by atoms with Crippen LogP contribution in [0.2, 0.25) is 0 Å². The van der Waals surface area contributed by atoms with Crippen LogP contribution in [-0.2, 0) is 4.79 Å². The number of primary amides is 1. The van der Waals surface area contributed by atoms with Crippen LogP contribution in [0.4, 0.5) is 0 Å². The number of nitrogens with one attached hydrogen (secondary N) is 1. The fourth-order valence-electron chi connectivity index (χ4n) is 2.93. The number of hydrogen-bond donors (Lipinski definition) is 2. The molecular weight excluding hydrogens is 226 g/mol. The van der Waals surface area contributed by atoms with Crippen molar-refractivity contribution < 1.29 is 4.79 Å². The highest BCUT2D eigenvalue weighted by Gasteiger charge is 2.32. The molecule has 0 saturated carbocycles. The zero-order valence-electron chi connectivity index (χ0n) is 12.2. The van der Waals surface area contributed by atoms with Gasteiger partial charge in [0.2, 0.25) is 5.91 Å². The smallest absolute Gasteiger partial charge is 0.235 e. The minimum absolute atomic E-state index is 0.203. The van der Waals surface area contributed by atoms with E-state index in [9.17, 15) is 4.79 Å². The maximum atomic E-state index is 11.3. The van der Waals surface area contributed by atoms with E-state index in [-0.39, 0.29) is 11.9 Å². The molecule has 0 aromatic rings. The first kappa shape index (κ1) is 15.4. The number of amides is 1. The number of nitrogens with zero attached hydrogens (tertiary/aromatic N) is 1. The van der Waals surface area contributed by atoms with Crippen molar-refractivity contribution in [3.63, 3.8) is 0 Å². The number of carbonyl (C=O) groups is 1. The van der Waals surface area contributed by atoms with Gasteiger partial charge in [-0.15, -0.1) is 0 Å². The van der Waals surface area contributed by atoms with Crippen molar-refractivity contribution in [2.24, 2.45) is 11.1 Å². The summed E-state index contributed by atoms with van der Waals surface area (Å²) in [5.74, 6) is -0.236. The lowest BCUT2D eigenvalue weighted by atomic mass is 9.74. The summed E-state index contributed by atoms with van der Waals surface area (Å²) in [7, 11) is 0. The lowest BCUT2D eigenvalue weighted by Crippen LogP contribution is -2.51. The third kappa shape index (κ3) is 3.95. The van der Waals surface area contributed by atoms with Gasteiger partial charge in [0.15, 0.2) is 0 Å². The number of hydrogen-bond acceptors (Lipinski definition) is 3. The van der Waals surface area contributed by atoms with Crippen molar-refractivity contribution in [2.75, 3.05) is 26.2 Å². The summed E-state index contributed by atoms with van der Waals surface area (Å²) in [5.41, 5.74) is 5.96. The second-order valence-electron chi connectivity index (χ2n) is 5.52. The molecule has 18 heavy (non-hydrogen) atoms. The maximum absolute atomic E-state index is 11.3. The van der Waals surface area contributed by atoms with Crippen LogP contribution in [0.5, 0.6) is 0 Å². The summed E-state index contributed by atoms with van der Waals surface area (Å²) in [6.07, 6.45) is 5.03. The summed E-state index contributed by atoms with van der Waals surface area (Å²) >= 11 is 0. The van der Waals surface area contributed by atoms with E-state index in [4.69, 9.17) is 5.73 Å². The first-order valence-corrected chi connectivity index (χ1v) is 7.32. The first-order valence-electron chi connectivity index (χ1n) is 7.32. The number of rotatable bonds is 7. The van der Waals surface area contributed by atoms with E-state index < -0.39 is 0 Å². The van der Waals surface area contributed by atoms with Gasteiger partial charge >= 0.3 is 0 Å². The molecule has 1 unspecified atom stereocenters. The Labute approximate surface area is 111 Å². The van der Waals surface area contributed by atoms with E-state index in [1.54, 1.807) is 0 Å². The van der Waals surface area contributed by atoms with E-state index >= 15 is 0 Å². The molecule has 0 aromatic carbocycles. The second kappa shape index (κ2) is 7.10. The molecule has 4 nitrogen and oxygen atoms in total. The Kier molecular flexibility index (Phi) is 6.09. The van der Waals surface area contributed by atoms with Crippen molar-refractivity contribution in [3.05, 3.63) is 0 Å².